The van der Waals surface area contributed by atoms with Gasteiger partial charge in [0.05, 0.1) is 0 Å². The van der Waals surface area contributed by atoms with Crippen LogP contribution in [0.2, 0.25) is 0 Å². The van der Waals surface area contributed by atoms with Crippen LogP contribution in [0.5, 0.6) is 0 Å². The molecule has 0 aliphatic carbocycles. The third-order valence-corrected chi connectivity index (χ3v) is 2.12. The van der Waals surface area contributed by atoms with Crippen molar-refractivity contribution in [3.05, 3.63) is 11.1 Å². The van der Waals surface area contributed by atoms with Crippen LogP contribution in [0, 0.1) is 5.92 Å². The third kappa shape index (κ3) is 4.32. The van der Waals surface area contributed by atoms with E-state index in [9.17, 15) is 4.79 Å². The summed E-state index contributed by atoms with van der Waals surface area (Å²) in [6.07, 6.45) is 1.71. The number of allylic oxidation sites excluding steroid dienone is 2. The Kier molecular flexibility index (Phi) is 4.87. The maximum absolute atomic E-state index is 11.4. The van der Waals surface area contributed by atoms with Crippen LogP contribution < -0.4 is 0 Å². The van der Waals surface area contributed by atoms with Crippen molar-refractivity contribution < 1.29 is 4.79 Å². The average Bonchev–Trinajstić information content (AvgIpc) is 1.98. The van der Waals surface area contributed by atoms with Gasteiger partial charge in [0.25, 0.3) is 0 Å². The second-order valence-corrected chi connectivity index (χ2v) is 3.98. The Morgan fingerprint density at radius 1 is 1.17 bits per heavy atom. The van der Waals surface area contributed by atoms with Crippen LogP contribution in [0.3, 0.4) is 0 Å². The van der Waals surface area contributed by atoms with Crippen molar-refractivity contribution >= 4 is 5.78 Å². The first kappa shape index (κ1) is 11.4. The number of ketones is 1. The van der Waals surface area contributed by atoms with E-state index in [0.717, 1.165) is 17.6 Å². The molecule has 0 bridgehead atoms. The fourth-order valence-corrected chi connectivity index (χ4v) is 0.886. The van der Waals surface area contributed by atoms with Crippen molar-refractivity contribution in [3.8, 4) is 0 Å². The first-order chi connectivity index (χ1) is 5.45. The molecule has 0 aromatic rings. The number of hydrogen-bond acceptors (Lipinski definition) is 1. The summed E-state index contributed by atoms with van der Waals surface area (Å²) in [5.74, 6) is 0.933. The van der Waals surface area contributed by atoms with Gasteiger partial charge in [-0.15, -0.1) is 0 Å². The lowest BCUT2D eigenvalue weighted by atomic mass is 10.00. The van der Waals surface area contributed by atoms with Crippen LogP contribution in [-0.2, 0) is 4.79 Å². The van der Waals surface area contributed by atoms with Gasteiger partial charge in [0.2, 0.25) is 0 Å². The molecule has 0 aliphatic rings. The molecule has 0 heterocycles. The summed E-state index contributed by atoms with van der Waals surface area (Å²) < 4.78 is 0. The third-order valence-electron chi connectivity index (χ3n) is 2.12. The number of hydrogen-bond donors (Lipinski definition) is 0. The zero-order valence-corrected chi connectivity index (χ0v) is 8.90. The van der Waals surface area contributed by atoms with Gasteiger partial charge in [-0.2, -0.15) is 0 Å². The van der Waals surface area contributed by atoms with Gasteiger partial charge in [-0.05, 0) is 38.7 Å². The molecular weight excluding hydrogens is 148 g/mol. The Morgan fingerprint density at radius 2 is 1.67 bits per heavy atom. The molecule has 0 aromatic carbocycles. The molecule has 0 aromatic heterocycles. The lowest BCUT2D eigenvalue weighted by Crippen LogP contribution is -2.02. The zero-order chi connectivity index (χ0) is 9.72. The topological polar surface area (TPSA) is 17.1 Å². The fraction of sp³-hybridized carbons (Fsp3) is 0.727. The SMILES string of the molecule is CC(C)=C(C)C(=O)CCC(C)C. The van der Waals surface area contributed by atoms with Crippen molar-refractivity contribution in [1.29, 1.82) is 0 Å². The summed E-state index contributed by atoms with van der Waals surface area (Å²) in [6.45, 7) is 10.2. The normalized spacial score (nSPS) is 10.2. The maximum Gasteiger partial charge on any atom is 0.158 e. The van der Waals surface area contributed by atoms with E-state index in [0.29, 0.717) is 18.1 Å². The Balaban J connectivity index is 3.98. The van der Waals surface area contributed by atoms with Crippen LogP contribution >= 0.6 is 0 Å². The first-order valence-corrected chi connectivity index (χ1v) is 4.62. The van der Waals surface area contributed by atoms with E-state index < -0.39 is 0 Å². The Bertz CT molecular complexity index is 183. The van der Waals surface area contributed by atoms with Crippen LogP contribution in [-0.4, -0.2) is 5.78 Å². The first-order valence-electron chi connectivity index (χ1n) is 4.62. The van der Waals surface area contributed by atoms with Gasteiger partial charge in [-0.3, -0.25) is 4.79 Å². The van der Waals surface area contributed by atoms with Crippen molar-refractivity contribution in [2.45, 2.75) is 47.5 Å². The Morgan fingerprint density at radius 3 is 2.00 bits per heavy atom. The molecule has 0 atom stereocenters. The lowest BCUT2D eigenvalue weighted by Gasteiger charge is -2.05. The van der Waals surface area contributed by atoms with Crippen LogP contribution in [0.25, 0.3) is 0 Å². The maximum atomic E-state index is 11.4. The summed E-state index contributed by atoms with van der Waals surface area (Å²) in [5.41, 5.74) is 2.08. The molecule has 0 rings (SSSR count). The molecule has 70 valence electrons. The van der Waals surface area contributed by atoms with Crippen molar-refractivity contribution in [3.63, 3.8) is 0 Å². The van der Waals surface area contributed by atoms with Crippen molar-refractivity contribution in [2.75, 3.05) is 0 Å². The molecule has 0 spiro atoms. The van der Waals surface area contributed by atoms with Gasteiger partial charge in [0.1, 0.15) is 0 Å². The van der Waals surface area contributed by atoms with Gasteiger partial charge in [-0.25, -0.2) is 0 Å². The predicted molar refractivity (Wildman–Crippen MR) is 53.1 cm³/mol. The molecule has 0 N–H and O–H groups in total. The van der Waals surface area contributed by atoms with Crippen molar-refractivity contribution in [2.24, 2.45) is 5.92 Å². The minimum atomic E-state index is 0.309. The predicted octanol–water partition coefficient (Wildman–Crippen LogP) is 3.35. The fourth-order valence-electron chi connectivity index (χ4n) is 0.886. The zero-order valence-electron chi connectivity index (χ0n) is 8.90. The van der Waals surface area contributed by atoms with E-state index in [4.69, 9.17) is 0 Å². The summed E-state index contributed by atoms with van der Waals surface area (Å²) in [5, 5.41) is 0. The highest BCUT2D eigenvalue weighted by Gasteiger charge is 2.06. The van der Waals surface area contributed by atoms with Crippen LogP contribution in [0.4, 0.5) is 0 Å². The van der Waals surface area contributed by atoms with E-state index in [2.05, 4.69) is 13.8 Å². The van der Waals surface area contributed by atoms with E-state index in [-0.39, 0.29) is 0 Å². The molecule has 0 radical (unpaired) electrons. The molecule has 12 heavy (non-hydrogen) atoms. The van der Waals surface area contributed by atoms with Gasteiger partial charge < -0.3 is 0 Å². The molecule has 0 fully saturated rings. The number of Topliss-reactive ketones (excluding diaryl/α,β-unsaturated/α-hetero) is 1. The summed E-state index contributed by atoms with van der Waals surface area (Å²) >= 11 is 0. The van der Waals surface area contributed by atoms with E-state index in [1.54, 1.807) is 0 Å². The number of carbonyl (C=O) groups is 1. The highest BCUT2D eigenvalue weighted by Crippen LogP contribution is 2.10. The molecule has 0 saturated heterocycles. The standard InChI is InChI=1S/C11H20O/c1-8(2)6-7-11(12)10(5)9(3)4/h8H,6-7H2,1-5H3. The highest BCUT2D eigenvalue weighted by atomic mass is 16.1. The monoisotopic (exact) mass is 168 g/mol. The molecule has 0 amide bonds. The van der Waals surface area contributed by atoms with Gasteiger partial charge >= 0.3 is 0 Å². The summed E-state index contributed by atoms with van der Waals surface area (Å²) in [7, 11) is 0. The lowest BCUT2D eigenvalue weighted by molar-refractivity contribution is -0.115. The van der Waals surface area contributed by atoms with E-state index >= 15 is 0 Å². The molecule has 0 unspecified atom stereocenters. The smallest absolute Gasteiger partial charge is 0.158 e. The van der Waals surface area contributed by atoms with Gasteiger partial charge in [0, 0.05) is 6.42 Å². The van der Waals surface area contributed by atoms with Gasteiger partial charge in [0.15, 0.2) is 5.78 Å². The quantitative estimate of drug-likeness (QED) is 0.588. The second-order valence-electron chi connectivity index (χ2n) is 3.98. The Hall–Kier alpha value is -0.590. The Labute approximate surface area is 75.9 Å². The van der Waals surface area contributed by atoms with Crippen LogP contribution in [0.15, 0.2) is 11.1 Å². The minimum absolute atomic E-state index is 0.309. The minimum Gasteiger partial charge on any atom is -0.295 e. The van der Waals surface area contributed by atoms with Gasteiger partial charge in [-0.1, -0.05) is 19.4 Å². The molecule has 0 aliphatic heterocycles. The summed E-state index contributed by atoms with van der Waals surface area (Å²) in [4.78, 5) is 11.4. The molecule has 1 heteroatoms. The molecular formula is C11H20O. The number of rotatable bonds is 4. The van der Waals surface area contributed by atoms with Crippen molar-refractivity contribution in [1.82, 2.24) is 0 Å². The number of carbonyl (C=O) groups excluding carboxylic acids is 1. The van der Waals surface area contributed by atoms with E-state index in [1.807, 2.05) is 20.8 Å². The highest BCUT2D eigenvalue weighted by molar-refractivity contribution is 5.95. The van der Waals surface area contributed by atoms with E-state index in [1.165, 1.54) is 0 Å². The largest absolute Gasteiger partial charge is 0.295 e. The molecule has 0 saturated carbocycles. The summed E-state index contributed by atoms with van der Waals surface area (Å²) in [6, 6.07) is 0. The molecule has 1 nitrogen and oxygen atoms in total. The second kappa shape index (κ2) is 5.13. The van der Waals surface area contributed by atoms with Crippen LogP contribution in [0.1, 0.15) is 47.5 Å². The average molecular weight is 168 g/mol.